The molecule has 2 N–H and O–H groups in total. The van der Waals surface area contributed by atoms with Gasteiger partial charge in [0.1, 0.15) is 0 Å². The van der Waals surface area contributed by atoms with Crippen molar-refractivity contribution in [3.63, 3.8) is 0 Å². The minimum absolute atomic E-state index is 0.0138. The van der Waals surface area contributed by atoms with Gasteiger partial charge in [-0.15, -0.1) is 0 Å². The zero-order valence-electron chi connectivity index (χ0n) is 13.6. The van der Waals surface area contributed by atoms with E-state index in [1.807, 2.05) is 59.4 Å². The van der Waals surface area contributed by atoms with Crippen molar-refractivity contribution in [1.82, 2.24) is 15.1 Å². The van der Waals surface area contributed by atoms with Gasteiger partial charge in [-0.1, -0.05) is 18.2 Å². The van der Waals surface area contributed by atoms with E-state index in [9.17, 15) is 9.59 Å². The number of carbonyl (C=O) groups is 2. The predicted octanol–water partition coefficient (Wildman–Crippen LogP) is 2.49. The van der Waals surface area contributed by atoms with Crippen LogP contribution in [0.15, 0.2) is 54.7 Å². The molecule has 1 fully saturated rings. The van der Waals surface area contributed by atoms with Crippen molar-refractivity contribution in [2.45, 2.75) is 12.8 Å². The summed E-state index contributed by atoms with van der Waals surface area (Å²) in [6.45, 7) is 0.405. The van der Waals surface area contributed by atoms with E-state index in [0.717, 1.165) is 22.3 Å². The molecule has 0 bridgehead atoms. The van der Waals surface area contributed by atoms with Crippen LogP contribution in [0.3, 0.4) is 0 Å². The SMILES string of the molecule is O=C1CCC(C(=O)Nc2ccc(-n3ncc4ccccc43)cc2)CN1. The maximum atomic E-state index is 12.3. The minimum Gasteiger partial charge on any atom is -0.355 e. The third kappa shape index (κ3) is 3.10. The first-order valence-electron chi connectivity index (χ1n) is 8.31. The highest BCUT2D eigenvalue weighted by Crippen LogP contribution is 2.20. The predicted molar refractivity (Wildman–Crippen MR) is 95.4 cm³/mol. The Kier molecular flexibility index (Phi) is 3.93. The van der Waals surface area contributed by atoms with Gasteiger partial charge in [-0.2, -0.15) is 5.10 Å². The van der Waals surface area contributed by atoms with Gasteiger partial charge in [0.05, 0.1) is 23.3 Å². The number of nitrogens with one attached hydrogen (secondary N) is 2. The smallest absolute Gasteiger partial charge is 0.229 e. The summed E-state index contributed by atoms with van der Waals surface area (Å²) in [6.07, 6.45) is 2.83. The summed E-state index contributed by atoms with van der Waals surface area (Å²) in [5.74, 6) is -0.218. The first-order chi connectivity index (χ1) is 12.2. The Hall–Kier alpha value is -3.15. The Bertz CT molecular complexity index is 920. The second kappa shape index (κ2) is 6.39. The van der Waals surface area contributed by atoms with Gasteiger partial charge in [-0.3, -0.25) is 9.59 Å². The largest absolute Gasteiger partial charge is 0.355 e. The molecule has 1 aliphatic rings. The average Bonchev–Trinajstić information content (AvgIpc) is 3.07. The molecule has 2 aromatic carbocycles. The lowest BCUT2D eigenvalue weighted by Crippen LogP contribution is -2.40. The molecule has 6 nitrogen and oxygen atoms in total. The van der Waals surface area contributed by atoms with Crippen LogP contribution < -0.4 is 10.6 Å². The van der Waals surface area contributed by atoms with Gasteiger partial charge in [0.2, 0.25) is 11.8 Å². The van der Waals surface area contributed by atoms with Gasteiger partial charge in [0, 0.05) is 24.0 Å². The molecule has 0 radical (unpaired) electrons. The molecule has 3 aromatic rings. The number of anilines is 1. The highest BCUT2D eigenvalue weighted by atomic mass is 16.2. The molecule has 0 saturated carbocycles. The first-order valence-corrected chi connectivity index (χ1v) is 8.31. The molecule has 1 saturated heterocycles. The summed E-state index contributed by atoms with van der Waals surface area (Å²) in [5, 5.41) is 11.2. The second-order valence-corrected chi connectivity index (χ2v) is 6.19. The summed E-state index contributed by atoms with van der Waals surface area (Å²) < 4.78 is 1.87. The summed E-state index contributed by atoms with van der Waals surface area (Å²) in [7, 11) is 0. The second-order valence-electron chi connectivity index (χ2n) is 6.19. The molecular weight excluding hydrogens is 316 g/mol. The number of carbonyl (C=O) groups excluding carboxylic acids is 2. The molecule has 6 heteroatoms. The van der Waals surface area contributed by atoms with Crippen LogP contribution >= 0.6 is 0 Å². The van der Waals surface area contributed by atoms with Gasteiger partial charge < -0.3 is 10.6 Å². The Balaban J connectivity index is 1.48. The lowest BCUT2D eigenvalue weighted by atomic mass is 9.98. The Morgan fingerprint density at radius 3 is 2.72 bits per heavy atom. The van der Waals surface area contributed by atoms with Crippen LogP contribution in [0.25, 0.3) is 16.6 Å². The molecule has 0 spiro atoms. The molecular formula is C19H18N4O2. The van der Waals surface area contributed by atoms with Crippen LogP contribution in [0.2, 0.25) is 0 Å². The number of fused-ring (bicyclic) bond motifs is 1. The monoisotopic (exact) mass is 334 g/mol. The van der Waals surface area contributed by atoms with E-state index in [-0.39, 0.29) is 17.7 Å². The molecule has 126 valence electrons. The Morgan fingerprint density at radius 2 is 1.96 bits per heavy atom. The number of para-hydroxylation sites is 1. The third-order valence-electron chi connectivity index (χ3n) is 4.49. The maximum absolute atomic E-state index is 12.3. The van der Waals surface area contributed by atoms with Crippen LogP contribution in [0.1, 0.15) is 12.8 Å². The average molecular weight is 334 g/mol. The summed E-state index contributed by atoms with van der Waals surface area (Å²) in [6, 6.07) is 15.6. The van der Waals surface area contributed by atoms with Crippen LogP contribution in [-0.4, -0.2) is 28.1 Å². The highest BCUT2D eigenvalue weighted by Gasteiger charge is 2.24. The van der Waals surface area contributed by atoms with Gasteiger partial charge in [0.15, 0.2) is 0 Å². The van der Waals surface area contributed by atoms with Crippen molar-refractivity contribution in [3.05, 3.63) is 54.7 Å². The zero-order chi connectivity index (χ0) is 17.2. The van der Waals surface area contributed by atoms with Crippen molar-refractivity contribution >= 4 is 28.4 Å². The van der Waals surface area contributed by atoms with Crippen LogP contribution in [0.4, 0.5) is 5.69 Å². The summed E-state index contributed by atoms with van der Waals surface area (Å²) in [5.41, 5.74) is 2.71. The molecule has 2 heterocycles. The molecule has 1 aromatic heterocycles. The van der Waals surface area contributed by atoms with Gasteiger partial charge in [0.25, 0.3) is 0 Å². The number of amides is 2. The standard InChI is InChI=1S/C19H18N4O2/c24-18-10-5-14(11-20-18)19(25)22-15-6-8-16(9-7-15)23-17-4-2-1-3-13(17)12-21-23/h1-4,6-9,12,14H,5,10-11H2,(H,20,24)(H,22,25). The fourth-order valence-corrected chi connectivity index (χ4v) is 3.06. The van der Waals surface area contributed by atoms with E-state index >= 15 is 0 Å². The number of aromatic nitrogens is 2. The fourth-order valence-electron chi connectivity index (χ4n) is 3.06. The topological polar surface area (TPSA) is 76.0 Å². The van der Waals surface area contributed by atoms with E-state index in [1.165, 1.54) is 0 Å². The fraction of sp³-hybridized carbons (Fsp3) is 0.211. The third-order valence-corrected chi connectivity index (χ3v) is 4.49. The normalized spacial score (nSPS) is 17.3. The summed E-state index contributed by atoms with van der Waals surface area (Å²) in [4.78, 5) is 23.5. The van der Waals surface area contributed by atoms with Crippen LogP contribution in [0, 0.1) is 5.92 Å². The Morgan fingerprint density at radius 1 is 1.16 bits per heavy atom. The molecule has 1 atom stereocenters. The van der Waals surface area contributed by atoms with Crippen molar-refractivity contribution in [2.24, 2.45) is 5.92 Å². The quantitative estimate of drug-likeness (QED) is 0.773. The van der Waals surface area contributed by atoms with E-state index in [1.54, 1.807) is 0 Å². The number of piperidine rings is 1. The first kappa shape index (κ1) is 15.4. The lowest BCUT2D eigenvalue weighted by Gasteiger charge is -2.21. The van der Waals surface area contributed by atoms with E-state index < -0.39 is 0 Å². The van der Waals surface area contributed by atoms with Crippen molar-refractivity contribution in [3.8, 4) is 5.69 Å². The molecule has 2 amide bonds. The van der Waals surface area contributed by atoms with Gasteiger partial charge >= 0.3 is 0 Å². The number of nitrogens with zero attached hydrogens (tertiary/aromatic N) is 2. The van der Waals surface area contributed by atoms with Crippen molar-refractivity contribution < 1.29 is 9.59 Å². The maximum Gasteiger partial charge on any atom is 0.229 e. The number of hydrogen-bond acceptors (Lipinski definition) is 3. The zero-order valence-corrected chi connectivity index (χ0v) is 13.6. The molecule has 1 unspecified atom stereocenters. The van der Waals surface area contributed by atoms with Crippen LogP contribution in [-0.2, 0) is 9.59 Å². The molecule has 25 heavy (non-hydrogen) atoms. The van der Waals surface area contributed by atoms with Gasteiger partial charge in [-0.25, -0.2) is 4.68 Å². The Labute approximate surface area is 144 Å². The van der Waals surface area contributed by atoms with Crippen molar-refractivity contribution in [1.29, 1.82) is 0 Å². The lowest BCUT2D eigenvalue weighted by molar-refractivity contribution is -0.126. The van der Waals surface area contributed by atoms with Crippen molar-refractivity contribution in [2.75, 3.05) is 11.9 Å². The number of rotatable bonds is 3. The van der Waals surface area contributed by atoms with Crippen LogP contribution in [0.5, 0.6) is 0 Å². The summed E-state index contributed by atoms with van der Waals surface area (Å²) >= 11 is 0. The van der Waals surface area contributed by atoms with E-state index in [4.69, 9.17) is 0 Å². The molecule has 0 aliphatic carbocycles. The van der Waals surface area contributed by atoms with E-state index in [2.05, 4.69) is 15.7 Å². The van der Waals surface area contributed by atoms with Gasteiger partial charge in [-0.05, 0) is 36.8 Å². The number of benzene rings is 2. The van der Waals surface area contributed by atoms with E-state index in [0.29, 0.717) is 19.4 Å². The minimum atomic E-state index is -0.174. The molecule has 4 rings (SSSR count). The molecule has 1 aliphatic heterocycles. The highest BCUT2D eigenvalue weighted by molar-refractivity contribution is 5.94. The number of hydrogen-bond donors (Lipinski definition) is 2.